The number of methoxy groups -OCH3 is 1. The molecule has 1 atom stereocenters. The van der Waals surface area contributed by atoms with Gasteiger partial charge in [-0.3, -0.25) is 4.79 Å². The monoisotopic (exact) mass is 238 g/mol. The van der Waals surface area contributed by atoms with Crippen LogP contribution in [0.15, 0.2) is 12.1 Å². The number of ether oxygens (including phenoxy) is 1. The van der Waals surface area contributed by atoms with Gasteiger partial charge in [0, 0.05) is 24.3 Å². The number of carbonyl (C=O) groups excluding carboxylic acids is 1. The predicted molar refractivity (Wildman–Crippen MR) is 65.3 cm³/mol. The van der Waals surface area contributed by atoms with Crippen molar-refractivity contribution in [2.45, 2.75) is 18.6 Å². The third kappa shape index (κ3) is 2.00. The van der Waals surface area contributed by atoms with Crippen LogP contribution in [0.1, 0.15) is 12.1 Å². The van der Waals surface area contributed by atoms with E-state index in [0.29, 0.717) is 18.8 Å². The molecule has 1 aliphatic heterocycles. The first kappa shape index (κ1) is 11.3. The number of hydrogen-bond donors (Lipinski definition) is 1. The molecule has 86 valence electrons. The maximum Gasteiger partial charge on any atom is 0.228 e. The molecule has 2 rings (SSSR count). The van der Waals surface area contributed by atoms with Gasteiger partial charge in [-0.25, -0.2) is 4.98 Å². The van der Waals surface area contributed by atoms with Crippen LogP contribution >= 0.6 is 12.6 Å². The summed E-state index contributed by atoms with van der Waals surface area (Å²) in [6.45, 7) is 2.52. The van der Waals surface area contributed by atoms with Crippen molar-refractivity contribution < 1.29 is 9.53 Å². The van der Waals surface area contributed by atoms with Gasteiger partial charge in [-0.15, -0.1) is 0 Å². The lowest BCUT2D eigenvalue weighted by Gasteiger charge is -2.18. The largest absolute Gasteiger partial charge is 0.481 e. The van der Waals surface area contributed by atoms with Crippen LogP contribution in [0.25, 0.3) is 0 Å². The predicted octanol–water partition coefficient (Wildman–Crippen LogP) is 1.43. The first-order chi connectivity index (χ1) is 7.61. The van der Waals surface area contributed by atoms with E-state index >= 15 is 0 Å². The molecule has 1 fully saturated rings. The molecule has 1 amide bonds. The summed E-state index contributed by atoms with van der Waals surface area (Å²) in [7, 11) is 1.58. The zero-order valence-electron chi connectivity index (χ0n) is 9.30. The zero-order valence-corrected chi connectivity index (χ0v) is 10.2. The molecule has 0 bridgehead atoms. The lowest BCUT2D eigenvalue weighted by molar-refractivity contribution is -0.117. The highest BCUT2D eigenvalue weighted by atomic mass is 32.1. The van der Waals surface area contributed by atoms with Crippen LogP contribution in [0.4, 0.5) is 5.69 Å². The maximum atomic E-state index is 11.7. The molecule has 2 heterocycles. The molecule has 0 radical (unpaired) electrons. The standard InChI is InChI=1S/C11H14N2O2S/c1-7-9(3-4-10(12-7)15-2)13-6-8(16)5-11(13)14/h3-4,8,16H,5-6H2,1-2H3. The van der Waals surface area contributed by atoms with Crippen LogP contribution in [0.2, 0.25) is 0 Å². The Bertz CT molecular complexity index is 422. The Labute approximate surface area is 100 Å². The number of hydrogen-bond acceptors (Lipinski definition) is 4. The minimum Gasteiger partial charge on any atom is -0.481 e. The number of carbonyl (C=O) groups is 1. The summed E-state index contributed by atoms with van der Waals surface area (Å²) in [6, 6.07) is 3.63. The van der Waals surface area contributed by atoms with Crippen molar-refractivity contribution in [2.24, 2.45) is 0 Å². The summed E-state index contributed by atoms with van der Waals surface area (Å²) in [5.74, 6) is 0.672. The molecule has 0 aliphatic carbocycles. The highest BCUT2D eigenvalue weighted by Gasteiger charge is 2.29. The van der Waals surface area contributed by atoms with E-state index in [4.69, 9.17) is 4.74 Å². The zero-order chi connectivity index (χ0) is 11.7. The third-order valence-corrected chi connectivity index (χ3v) is 2.98. The molecule has 0 N–H and O–H groups in total. The average molecular weight is 238 g/mol. The second-order valence-corrected chi connectivity index (χ2v) is 4.55. The summed E-state index contributed by atoms with van der Waals surface area (Å²) in [5.41, 5.74) is 1.65. The Morgan fingerprint density at radius 1 is 1.56 bits per heavy atom. The van der Waals surface area contributed by atoms with E-state index in [0.717, 1.165) is 11.4 Å². The van der Waals surface area contributed by atoms with E-state index < -0.39 is 0 Å². The van der Waals surface area contributed by atoms with Crippen LogP contribution in [0.5, 0.6) is 5.88 Å². The lowest BCUT2D eigenvalue weighted by Crippen LogP contribution is -2.25. The number of thiol groups is 1. The highest BCUT2D eigenvalue weighted by Crippen LogP contribution is 2.27. The minimum atomic E-state index is 0.107. The number of pyridine rings is 1. The topological polar surface area (TPSA) is 42.4 Å². The van der Waals surface area contributed by atoms with Crippen molar-refractivity contribution in [3.05, 3.63) is 17.8 Å². The second kappa shape index (κ2) is 4.33. The smallest absolute Gasteiger partial charge is 0.228 e. The van der Waals surface area contributed by atoms with Crippen molar-refractivity contribution >= 4 is 24.2 Å². The van der Waals surface area contributed by atoms with Crippen molar-refractivity contribution in [3.63, 3.8) is 0 Å². The Morgan fingerprint density at radius 3 is 2.81 bits per heavy atom. The van der Waals surface area contributed by atoms with Crippen molar-refractivity contribution in [2.75, 3.05) is 18.6 Å². The SMILES string of the molecule is COc1ccc(N2CC(S)CC2=O)c(C)n1. The van der Waals surface area contributed by atoms with Gasteiger partial charge < -0.3 is 9.64 Å². The van der Waals surface area contributed by atoms with Gasteiger partial charge >= 0.3 is 0 Å². The Morgan fingerprint density at radius 2 is 2.31 bits per heavy atom. The molecule has 1 unspecified atom stereocenters. The van der Waals surface area contributed by atoms with Gasteiger partial charge in [0.2, 0.25) is 11.8 Å². The van der Waals surface area contributed by atoms with Gasteiger partial charge in [-0.05, 0) is 13.0 Å². The molecule has 0 spiro atoms. The van der Waals surface area contributed by atoms with Gasteiger partial charge in [0.25, 0.3) is 0 Å². The van der Waals surface area contributed by atoms with E-state index in [9.17, 15) is 4.79 Å². The maximum absolute atomic E-state index is 11.7. The molecule has 1 aromatic heterocycles. The normalized spacial score (nSPS) is 20.3. The summed E-state index contributed by atoms with van der Waals surface area (Å²) >= 11 is 4.33. The Hall–Kier alpha value is -1.23. The van der Waals surface area contributed by atoms with Gasteiger partial charge in [0.1, 0.15) is 0 Å². The average Bonchev–Trinajstić information content (AvgIpc) is 2.57. The van der Waals surface area contributed by atoms with Gasteiger partial charge in [0.05, 0.1) is 18.5 Å². The summed E-state index contributed by atoms with van der Waals surface area (Å²) in [4.78, 5) is 17.7. The fourth-order valence-electron chi connectivity index (χ4n) is 1.85. The molecule has 4 nitrogen and oxygen atoms in total. The molecule has 5 heteroatoms. The van der Waals surface area contributed by atoms with Crippen LogP contribution in [0.3, 0.4) is 0 Å². The fourth-order valence-corrected chi connectivity index (χ4v) is 2.17. The fraction of sp³-hybridized carbons (Fsp3) is 0.455. The minimum absolute atomic E-state index is 0.107. The molecule has 1 aliphatic rings. The lowest BCUT2D eigenvalue weighted by atomic mass is 10.3. The summed E-state index contributed by atoms with van der Waals surface area (Å²) in [5, 5.41) is 0.119. The quantitative estimate of drug-likeness (QED) is 0.793. The summed E-state index contributed by atoms with van der Waals surface area (Å²) < 4.78 is 5.03. The second-order valence-electron chi connectivity index (χ2n) is 3.82. The number of nitrogens with zero attached hydrogens (tertiary/aromatic N) is 2. The molecule has 16 heavy (non-hydrogen) atoms. The van der Waals surface area contributed by atoms with Crippen molar-refractivity contribution in [1.82, 2.24) is 4.98 Å². The molecular formula is C11H14N2O2S. The van der Waals surface area contributed by atoms with Crippen molar-refractivity contribution in [3.8, 4) is 5.88 Å². The number of rotatable bonds is 2. The highest BCUT2D eigenvalue weighted by molar-refractivity contribution is 7.81. The first-order valence-electron chi connectivity index (χ1n) is 5.12. The van der Waals surface area contributed by atoms with Crippen molar-refractivity contribution in [1.29, 1.82) is 0 Å². The molecule has 1 saturated heterocycles. The molecule has 0 aromatic carbocycles. The van der Waals surface area contributed by atoms with Crippen LogP contribution < -0.4 is 9.64 Å². The Kier molecular flexibility index (Phi) is 3.05. The number of aromatic nitrogens is 1. The van der Waals surface area contributed by atoms with Gasteiger partial charge in [0.15, 0.2) is 0 Å². The first-order valence-corrected chi connectivity index (χ1v) is 5.63. The van der Waals surface area contributed by atoms with E-state index in [1.165, 1.54) is 0 Å². The van der Waals surface area contributed by atoms with Crippen LogP contribution in [-0.4, -0.2) is 29.8 Å². The van der Waals surface area contributed by atoms with E-state index in [1.807, 2.05) is 13.0 Å². The number of aryl methyl sites for hydroxylation is 1. The summed E-state index contributed by atoms with van der Waals surface area (Å²) in [6.07, 6.45) is 0.495. The van der Waals surface area contributed by atoms with E-state index in [2.05, 4.69) is 17.6 Å². The number of anilines is 1. The molecule has 0 saturated carbocycles. The Balaban J connectivity index is 2.30. The van der Waals surface area contributed by atoms with Crippen LogP contribution in [0, 0.1) is 6.92 Å². The van der Waals surface area contributed by atoms with Gasteiger partial charge in [-0.1, -0.05) is 0 Å². The molecule has 1 aromatic rings. The number of amides is 1. The molecular weight excluding hydrogens is 224 g/mol. The van der Waals surface area contributed by atoms with Crippen LogP contribution in [-0.2, 0) is 4.79 Å². The van der Waals surface area contributed by atoms with E-state index in [1.54, 1.807) is 18.1 Å². The van der Waals surface area contributed by atoms with Gasteiger partial charge in [-0.2, -0.15) is 12.6 Å². The third-order valence-electron chi connectivity index (χ3n) is 2.64. The van der Waals surface area contributed by atoms with E-state index in [-0.39, 0.29) is 11.2 Å².